The van der Waals surface area contributed by atoms with Gasteiger partial charge in [-0.2, -0.15) is 0 Å². The first-order chi connectivity index (χ1) is 9.78. The molecule has 3 heteroatoms. The fraction of sp³-hybridized carbons (Fsp3) is 0.294. The normalized spacial score (nSPS) is 17.6. The molecule has 0 spiro atoms. The molecule has 2 aromatic rings. The monoisotopic (exact) mass is 331 g/mol. The average molecular weight is 332 g/mol. The van der Waals surface area contributed by atoms with Crippen LogP contribution in [0.15, 0.2) is 46.9 Å². The zero-order valence-electron chi connectivity index (χ0n) is 11.5. The summed E-state index contributed by atoms with van der Waals surface area (Å²) in [6.07, 6.45) is 1.06. The third-order valence-corrected chi connectivity index (χ3v) is 4.15. The van der Waals surface area contributed by atoms with Crippen molar-refractivity contribution < 1.29 is 4.74 Å². The van der Waals surface area contributed by atoms with Crippen LogP contribution in [0.4, 0.5) is 0 Å². The first-order valence-corrected chi connectivity index (χ1v) is 7.81. The van der Waals surface area contributed by atoms with Crippen LogP contribution >= 0.6 is 15.9 Å². The number of rotatable bonds is 3. The molecule has 1 aliphatic rings. The van der Waals surface area contributed by atoms with Crippen molar-refractivity contribution in [1.29, 1.82) is 0 Å². The molecule has 104 valence electrons. The smallest absolute Gasteiger partial charge is 0.119 e. The predicted molar refractivity (Wildman–Crippen MR) is 85.3 cm³/mol. The molecule has 0 amide bonds. The van der Waals surface area contributed by atoms with Gasteiger partial charge in [0.05, 0.1) is 12.6 Å². The fourth-order valence-electron chi connectivity index (χ4n) is 2.78. The fourth-order valence-corrected chi connectivity index (χ4v) is 3.20. The van der Waals surface area contributed by atoms with E-state index in [0.717, 1.165) is 23.2 Å². The van der Waals surface area contributed by atoms with Crippen LogP contribution in [0.1, 0.15) is 29.7 Å². The SMILES string of the molecule is CCOc1ccc2c(c1)CCNC2c1cccc(Br)c1. The lowest BCUT2D eigenvalue weighted by atomic mass is 9.90. The molecule has 1 unspecified atom stereocenters. The minimum absolute atomic E-state index is 0.270. The summed E-state index contributed by atoms with van der Waals surface area (Å²) in [5.74, 6) is 0.973. The van der Waals surface area contributed by atoms with E-state index < -0.39 is 0 Å². The number of nitrogens with one attached hydrogen (secondary N) is 1. The Morgan fingerprint density at radius 2 is 2.15 bits per heavy atom. The minimum atomic E-state index is 0.270. The van der Waals surface area contributed by atoms with Crippen LogP contribution in [-0.2, 0) is 6.42 Å². The van der Waals surface area contributed by atoms with E-state index in [-0.39, 0.29) is 6.04 Å². The van der Waals surface area contributed by atoms with E-state index in [1.807, 2.05) is 6.92 Å². The second-order valence-corrected chi connectivity index (χ2v) is 5.90. The Bertz CT molecular complexity index is 612. The summed E-state index contributed by atoms with van der Waals surface area (Å²) in [5.41, 5.74) is 4.04. The quantitative estimate of drug-likeness (QED) is 0.914. The standard InChI is InChI=1S/C17H18BrNO/c1-2-20-15-6-7-16-12(11-15)8-9-19-17(16)13-4-3-5-14(18)10-13/h3-7,10-11,17,19H,2,8-9H2,1H3. The van der Waals surface area contributed by atoms with Crippen molar-refractivity contribution in [2.24, 2.45) is 0 Å². The van der Waals surface area contributed by atoms with Crippen molar-refractivity contribution in [1.82, 2.24) is 5.32 Å². The lowest BCUT2D eigenvalue weighted by Crippen LogP contribution is -2.30. The molecular weight excluding hydrogens is 314 g/mol. The van der Waals surface area contributed by atoms with Crippen molar-refractivity contribution in [3.63, 3.8) is 0 Å². The van der Waals surface area contributed by atoms with Gasteiger partial charge >= 0.3 is 0 Å². The Balaban J connectivity index is 1.97. The zero-order chi connectivity index (χ0) is 13.9. The Morgan fingerprint density at radius 3 is 2.95 bits per heavy atom. The van der Waals surface area contributed by atoms with Gasteiger partial charge in [-0.05, 0) is 54.3 Å². The second kappa shape index (κ2) is 5.98. The lowest BCUT2D eigenvalue weighted by Gasteiger charge is -2.28. The second-order valence-electron chi connectivity index (χ2n) is 4.99. The van der Waals surface area contributed by atoms with Crippen LogP contribution in [-0.4, -0.2) is 13.2 Å². The molecule has 1 heterocycles. The molecule has 2 aromatic carbocycles. The van der Waals surface area contributed by atoms with E-state index in [2.05, 4.69) is 63.7 Å². The van der Waals surface area contributed by atoms with E-state index in [9.17, 15) is 0 Å². The van der Waals surface area contributed by atoms with Crippen LogP contribution in [0, 0.1) is 0 Å². The minimum Gasteiger partial charge on any atom is -0.494 e. The maximum absolute atomic E-state index is 5.60. The van der Waals surface area contributed by atoms with E-state index in [1.54, 1.807) is 0 Å². The first-order valence-electron chi connectivity index (χ1n) is 7.02. The van der Waals surface area contributed by atoms with Crippen molar-refractivity contribution in [2.45, 2.75) is 19.4 Å². The molecule has 0 saturated carbocycles. The van der Waals surface area contributed by atoms with Gasteiger partial charge in [0.15, 0.2) is 0 Å². The molecule has 1 atom stereocenters. The summed E-state index contributed by atoms with van der Waals surface area (Å²) in [4.78, 5) is 0. The highest BCUT2D eigenvalue weighted by molar-refractivity contribution is 9.10. The van der Waals surface area contributed by atoms with Gasteiger partial charge in [-0.25, -0.2) is 0 Å². The summed E-state index contributed by atoms with van der Waals surface area (Å²) < 4.78 is 6.72. The Labute approximate surface area is 128 Å². The molecule has 0 bridgehead atoms. The molecule has 20 heavy (non-hydrogen) atoms. The molecule has 2 nitrogen and oxygen atoms in total. The van der Waals surface area contributed by atoms with E-state index in [0.29, 0.717) is 6.61 Å². The van der Waals surface area contributed by atoms with E-state index in [1.165, 1.54) is 16.7 Å². The van der Waals surface area contributed by atoms with Gasteiger partial charge in [-0.15, -0.1) is 0 Å². The van der Waals surface area contributed by atoms with Gasteiger partial charge in [0.1, 0.15) is 5.75 Å². The highest BCUT2D eigenvalue weighted by atomic mass is 79.9. The third kappa shape index (κ3) is 2.74. The van der Waals surface area contributed by atoms with Crippen LogP contribution in [0.25, 0.3) is 0 Å². The van der Waals surface area contributed by atoms with Crippen LogP contribution < -0.4 is 10.1 Å². The van der Waals surface area contributed by atoms with Crippen LogP contribution in [0.5, 0.6) is 5.75 Å². The lowest BCUT2D eigenvalue weighted by molar-refractivity contribution is 0.339. The van der Waals surface area contributed by atoms with Crippen molar-refractivity contribution >= 4 is 15.9 Å². The molecular formula is C17H18BrNO. The van der Waals surface area contributed by atoms with Gasteiger partial charge in [-0.1, -0.05) is 34.1 Å². The molecule has 1 N–H and O–H groups in total. The zero-order valence-corrected chi connectivity index (χ0v) is 13.1. The van der Waals surface area contributed by atoms with Gasteiger partial charge in [0, 0.05) is 11.0 Å². The van der Waals surface area contributed by atoms with Gasteiger partial charge in [0.25, 0.3) is 0 Å². The molecule has 0 radical (unpaired) electrons. The molecule has 0 saturated heterocycles. The highest BCUT2D eigenvalue weighted by Gasteiger charge is 2.21. The first kappa shape index (κ1) is 13.7. The molecule has 0 aliphatic carbocycles. The van der Waals surface area contributed by atoms with Gasteiger partial charge in [0.2, 0.25) is 0 Å². The summed E-state index contributed by atoms with van der Waals surface area (Å²) in [6, 6.07) is 15.2. The molecule has 1 aliphatic heterocycles. The van der Waals surface area contributed by atoms with Crippen molar-refractivity contribution in [3.05, 3.63) is 63.6 Å². The number of fused-ring (bicyclic) bond motifs is 1. The van der Waals surface area contributed by atoms with Crippen molar-refractivity contribution in [3.8, 4) is 5.75 Å². The van der Waals surface area contributed by atoms with Crippen LogP contribution in [0.2, 0.25) is 0 Å². The Morgan fingerprint density at radius 1 is 1.25 bits per heavy atom. The number of hydrogen-bond donors (Lipinski definition) is 1. The molecule has 0 fully saturated rings. The van der Waals surface area contributed by atoms with Gasteiger partial charge in [-0.3, -0.25) is 0 Å². The highest BCUT2D eigenvalue weighted by Crippen LogP contribution is 2.32. The molecule has 0 aromatic heterocycles. The molecule has 3 rings (SSSR count). The number of halogens is 1. The number of benzene rings is 2. The predicted octanol–water partition coefficient (Wildman–Crippen LogP) is 4.08. The summed E-state index contributed by atoms with van der Waals surface area (Å²) in [5, 5.41) is 3.61. The Hall–Kier alpha value is -1.32. The third-order valence-electron chi connectivity index (χ3n) is 3.66. The van der Waals surface area contributed by atoms with Crippen molar-refractivity contribution in [2.75, 3.05) is 13.2 Å². The summed E-state index contributed by atoms with van der Waals surface area (Å²) in [7, 11) is 0. The Kier molecular flexibility index (Phi) is 4.08. The van der Waals surface area contributed by atoms with Crippen LogP contribution in [0.3, 0.4) is 0 Å². The topological polar surface area (TPSA) is 21.3 Å². The van der Waals surface area contributed by atoms with Gasteiger partial charge < -0.3 is 10.1 Å². The average Bonchev–Trinajstić information content (AvgIpc) is 2.47. The maximum atomic E-state index is 5.60. The summed E-state index contributed by atoms with van der Waals surface area (Å²) >= 11 is 3.55. The van der Waals surface area contributed by atoms with E-state index in [4.69, 9.17) is 4.74 Å². The largest absolute Gasteiger partial charge is 0.494 e. The summed E-state index contributed by atoms with van der Waals surface area (Å²) in [6.45, 7) is 3.73. The maximum Gasteiger partial charge on any atom is 0.119 e. The number of ether oxygens (including phenoxy) is 1. The van der Waals surface area contributed by atoms with E-state index >= 15 is 0 Å². The number of hydrogen-bond acceptors (Lipinski definition) is 2.